The lowest BCUT2D eigenvalue weighted by Gasteiger charge is -2.05. The smallest absolute Gasteiger partial charge is 0.307 e. The molecule has 0 aliphatic rings. The van der Waals surface area contributed by atoms with Crippen LogP contribution in [0.3, 0.4) is 0 Å². The van der Waals surface area contributed by atoms with Gasteiger partial charge in [0.1, 0.15) is 5.52 Å². The van der Waals surface area contributed by atoms with Crippen LogP contribution in [-0.2, 0) is 22.5 Å². The van der Waals surface area contributed by atoms with Crippen LogP contribution in [0, 0.1) is 0 Å². The summed E-state index contributed by atoms with van der Waals surface area (Å²) in [6.45, 7) is 0.315. The van der Waals surface area contributed by atoms with Gasteiger partial charge in [-0.2, -0.15) is 4.98 Å². The summed E-state index contributed by atoms with van der Waals surface area (Å²) in [5.74, 6) is 0.512. The Balaban J connectivity index is 1.22. The summed E-state index contributed by atoms with van der Waals surface area (Å²) in [6.07, 6.45) is 4.37. The number of aromatic nitrogens is 6. The first-order valence-electron chi connectivity index (χ1n) is 9.42. The van der Waals surface area contributed by atoms with E-state index in [9.17, 15) is 9.59 Å². The number of nitrogens with zero attached hydrogens (tertiary/aromatic N) is 6. The first-order chi connectivity index (χ1) is 14.7. The van der Waals surface area contributed by atoms with Crippen molar-refractivity contribution in [1.29, 1.82) is 0 Å². The molecule has 10 heteroatoms. The van der Waals surface area contributed by atoms with Gasteiger partial charge in [-0.1, -0.05) is 22.5 Å². The molecule has 0 aliphatic carbocycles. The van der Waals surface area contributed by atoms with Crippen molar-refractivity contribution >= 4 is 16.9 Å². The average Bonchev–Trinajstić information content (AvgIpc) is 3.26. The van der Waals surface area contributed by atoms with Crippen molar-refractivity contribution in [3.8, 4) is 11.4 Å². The molecule has 3 heterocycles. The molecule has 0 fully saturated rings. The predicted octanol–water partition coefficient (Wildman–Crippen LogP) is 1.80. The van der Waals surface area contributed by atoms with E-state index >= 15 is 0 Å². The summed E-state index contributed by atoms with van der Waals surface area (Å²) >= 11 is 0. The van der Waals surface area contributed by atoms with E-state index < -0.39 is 5.97 Å². The second-order valence-electron chi connectivity index (χ2n) is 6.46. The number of aryl methyl sites for hydroxylation is 2. The van der Waals surface area contributed by atoms with E-state index in [2.05, 4.69) is 25.4 Å². The molecule has 0 atom stereocenters. The SMILES string of the molecule is O=C(CCn1nnc2ccccc2c1=O)OCCCc1nc(-c2cccnc2)no1. The van der Waals surface area contributed by atoms with Crippen LogP contribution in [0.5, 0.6) is 0 Å². The van der Waals surface area contributed by atoms with Crippen molar-refractivity contribution in [2.45, 2.75) is 25.8 Å². The number of pyridine rings is 1. The minimum atomic E-state index is -0.418. The van der Waals surface area contributed by atoms with Crippen molar-refractivity contribution in [3.05, 3.63) is 65.0 Å². The van der Waals surface area contributed by atoms with Gasteiger partial charge in [-0.25, -0.2) is 4.68 Å². The van der Waals surface area contributed by atoms with Crippen molar-refractivity contribution < 1.29 is 14.1 Å². The molecule has 0 saturated heterocycles. The van der Waals surface area contributed by atoms with Gasteiger partial charge >= 0.3 is 5.97 Å². The highest BCUT2D eigenvalue weighted by molar-refractivity contribution is 5.76. The molecule has 0 aliphatic heterocycles. The Kier molecular flexibility index (Phi) is 5.83. The third-order valence-corrected chi connectivity index (χ3v) is 4.34. The molecule has 0 amide bonds. The molecule has 4 rings (SSSR count). The van der Waals surface area contributed by atoms with Crippen molar-refractivity contribution in [3.63, 3.8) is 0 Å². The van der Waals surface area contributed by atoms with Crippen molar-refractivity contribution in [1.82, 2.24) is 30.1 Å². The van der Waals surface area contributed by atoms with Gasteiger partial charge in [-0.15, -0.1) is 5.10 Å². The zero-order valence-corrected chi connectivity index (χ0v) is 16.0. The van der Waals surface area contributed by atoms with Gasteiger partial charge in [0, 0.05) is 24.4 Å². The van der Waals surface area contributed by atoms with E-state index in [0.29, 0.717) is 35.5 Å². The maximum atomic E-state index is 12.3. The van der Waals surface area contributed by atoms with Crippen LogP contribution in [-0.4, -0.2) is 42.7 Å². The highest BCUT2D eigenvalue weighted by Crippen LogP contribution is 2.14. The molecule has 0 radical (unpaired) electrons. The van der Waals surface area contributed by atoms with Crippen molar-refractivity contribution in [2.75, 3.05) is 6.61 Å². The van der Waals surface area contributed by atoms with E-state index in [0.717, 1.165) is 5.56 Å². The largest absolute Gasteiger partial charge is 0.466 e. The number of benzene rings is 1. The molecule has 0 N–H and O–H groups in total. The summed E-state index contributed by atoms with van der Waals surface area (Å²) in [5.41, 5.74) is 1.01. The molecule has 1 aromatic carbocycles. The predicted molar refractivity (Wildman–Crippen MR) is 105 cm³/mol. The number of hydrogen-bond donors (Lipinski definition) is 0. The first kappa shape index (κ1) is 19.4. The lowest BCUT2D eigenvalue weighted by molar-refractivity contribution is -0.144. The molecule has 30 heavy (non-hydrogen) atoms. The number of ether oxygens (including phenoxy) is 1. The van der Waals surface area contributed by atoms with Crippen LogP contribution in [0.15, 0.2) is 58.1 Å². The van der Waals surface area contributed by atoms with E-state index in [1.807, 2.05) is 6.07 Å². The number of carbonyl (C=O) groups excluding carboxylic acids is 1. The fourth-order valence-corrected chi connectivity index (χ4v) is 2.82. The average molecular weight is 406 g/mol. The summed E-state index contributed by atoms with van der Waals surface area (Å²) in [5, 5.41) is 12.2. The Labute approximate surface area is 170 Å². The summed E-state index contributed by atoms with van der Waals surface area (Å²) in [7, 11) is 0. The minimum Gasteiger partial charge on any atom is -0.466 e. The van der Waals surface area contributed by atoms with Crippen molar-refractivity contribution in [2.24, 2.45) is 0 Å². The van der Waals surface area contributed by atoms with Gasteiger partial charge in [-0.3, -0.25) is 14.6 Å². The van der Waals surface area contributed by atoms with Crippen LogP contribution in [0.1, 0.15) is 18.7 Å². The van der Waals surface area contributed by atoms with Gasteiger partial charge in [0.2, 0.25) is 11.7 Å². The fourth-order valence-electron chi connectivity index (χ4n) is 2.82. The lowest BCUT2D eigenvalue weighted by atomic mass is 10.2. The van der Waals surface area contributed by atoms with Gasteiger partial charge in [-0.05, 0) is 30.7 Å². The topological polar surface area (TPSA) is 126 Å². The molecule has 4 aromatic rings. The Morgan fingerprint density at radius 3 is 2.93 bits per heavy atom. The summed E-state index contributed by atoms with van der Waals surface area (Å²) in [4.78, 5) is 32.6. The number of fused-ring (bicyclic) bond motifs is 1. The molecule has 0 unspecified atom stereocenters. The maximum Gasteiger partial charge on any atom is 0.307 e. The highest BCUT2D eigenvalue weighted by atomic mass is 16.5. The Morgan fingerprint density at radius 1 is 1.17 bits per heavy atom. The molecule has 3 aromatic heterocycles. The van der Waals surface area contributed by atoms with Gasteiger partial charge in [0.15, 0.2) is 0 Å². The molecule has 152 valence electrons. The normalized spacial score (nSPS) is 10.9. The number of esters is 1. The quantitative estimate of drug-likeness (QED) is 0.318. The first-order valence-corrected chi connectivity index (χ1v) is 9.42. The molecule has 0 saturated carbocycles. The van der Waals surface area contributed by atoms with Crippen LogP contribution < -0.4 is 5.56 Å². The second-order valence-corrected chi connectivity index (χ2v) is 6.46. The highest BCUT2D eigenvalue weighted by Gasteiger charge is 2.10. The van der Waals surface area contributed by atoms with Gasteiger partial charge in [0.05, 0.1) is 25.0 Å². The zero-order chi connectivity index (χ0) is 20.8. The summed E-state index contributed by atoms with van der Waals surface area (Å²) in [6, 6.07) is 10.6. The van der Waals surface area contributed by atoms with E-state index in [1.165, 1.54) is 4.68 Å². The third-order valence-electron chi connectivity index (χ3n) is 4.34. The Hall–Kier alpha value is -3.95. The second kappa shape index (κ2) is 9.03. The van der Waals surface area contributed by atoms with Gasteiger partial charge in [0.25, 0.3) is 5.56 Å². The molecule has 10 nitrogen and oxygen atoms in total. The van der Waals surface area contributed by atoms with Crippen LogP contribution in [0.25, 0.3) is 22.3 Å². The monoisotopic (exact) mass is 406 g/mol. The summed E-state index contributed by atoms with van der Waals surface area (Å²) < 4.78 is 11.6. The Bertz CT molecular complexity index is 1200. The Morgan fingerprint density at radius 2 is 2.07 bits per heavy atom. The van der Waals surface area contributed by atoms with Crippen LogP contribution in [0.2, 0.25) is 0 Å². The minimum absolute atomic E-state index is 0.0264. The zero-order valence-electron chi connectivity index (χ0n) is 16.0. The number of carbonyl (C=O) groups is 1. The van der Waals surface area contributed by atoms with E-state index in [-0.39, 0.29) is 25.1 Å². The molecule has 0 spiro atoms. The van der Waals surface area contributed by atoms with E-state index in [4.69, 9.17) is 9.26 Å². The molecule has 0 bridgehead atoms. The number of hydrogen-bond acceptors (Lipinski definition) is 9. The van der Waals surface area contributed by atoms with Gasteiger partial charge < -0.3 is 9.26 Å². The fraction of sp³-hybridized carbons (Fsp3) is 0.250. The molecular weight excluding hydrogens is 388 g/mol. The maximum absolute atomic E-state index is 12.3. The third kappa shape index (κ3) is 4.54. The molecular formula is C20H18N6O4. The van der Waals surface area contributed by atoms with E-state index in [1.54, 1.807) is 42.7 Å². The van der Waals surface area contributed by atoms with Crippen LogP contribution in [0.4, 0.5) is 0 Å². The lowest BCUT2D eigenvalue weighted by Crippen LogP contribution is -2.25. The number of rotatable bonds is 8. The van der Waals surface area contributed by atoms with Crippen LogP contribution >= 0.6 is 0 Å². The standard InChI is InChI=1S/C20H18N6O4/c27-18(9-11-26-20(28)15-6-1-2-7-16(15)23-25-26)29-12-4-8-17-22-19(24-30-17)14-5-3-10-21-13-14/h1-3,5-7,10,13H,4,8-9,11-12H2.